The van der Waals surface area contributed by atoms with Gasteiger partial charge < -0.3 is 19.5 Å². The van der Waals surface area contributed by atoms with E-state index in [1.807, 2.05) is 42.5 Å². The largest absolute Gasteiger partial charge is 0.497 e. The van der Waals surface area contributed by atoms with Gasteiger partial charge in [-0.15, -0.1) is 0 Å². The van der Waals surface area contributed by atoms with E-state index in [-0.39, 0.29) is 17.9 Å². The topological polar surface area (TPSA) is 90.4 Å². The minimum Gasteiger partial charge on any atom is -0.497 e. The van der Waals surface area contributed by atoms with Crippen LogP contribution in [0.4, 0.5) is 0 Å². The molecule has 1 aliphatic heterocycles. The lowest BCUT2D eigenvalue weighted by Gasteiger charge is -2.28. The van der Waals surface area contributed by atoms with E-state index in [1.165, 1.54) is 0 Å². The molecule has 0 atom stereocenters. The number of benzene rings is 2. The molecule has 0 spiro atoms. The standard InChI is InChI=1S/C23H26N4O4S/c1-23(2,16-6-9-18-19(12-16)31-11-10-30-18)14-24-20(28)13-27-21(25-26-22(27)32)15-4-7-17(29-3)8-5-15/h4-9,12H,10-11,13-14H2,1-3H3,(H,24,28)(H,26,32). The lowest BCUT2D eigenvalue weighted by atomic mass is 9.84. The van der Waals surface area contributed by atoms with Crippen LogP contribution < -0.4 is 19.5 Å². The third kappa shape index (κ3) is 4.62. The van der Waals surface area contributed by atoms with E-state index in [9.17, 15) is 4.79 Å². The summed E-state index contributed by atoms with van der Waals surface area (Å²) in [4.78, 5) is 12.8. The van der Waals surface area contributed by atoms with E-state index < -0.39 is 0 Å². The highest BCUT2D eigenvalue weighted by atomic mass is 32.1. The first-order chi connectivity index (χ1) is 15.4. The summed E-state index contributed by atoms with van der Waals surface area (Å²) in [5, 5.41) is 10.1. The zero-order valence-corrected chi connectivity index (χ0v) is 19.1. The van der Waals surface area contributed by atoms with E-state index >= 15 is 0 Å². The minimum absolute atomic E-state index is 0.0634. The van der Waals surface area contributed by atoms with Crippen molar-refractivity contribution in [2.24, 2.45) is 0 Å². The molecule has 9 heteroatoms. The van der Waals surface area contributed by atoms with Crippen molar-refractivity contribution in [1.29, 1.82) is 0 Å². The average molecular weight is 455 g/mol. The fourth-order valence-corrected chi connectivity index (χ4v) is 3.71. The quantitative estimate of drug-likeness (QED) is 0.531. The Hall–Kier alpha value is -3.33. The predicted octanol–water partition coefficient (Wildman–Crippen LogP) is 3.48. The number of carbonyl (C=O) groups is 1. The molecular formula is C23H26N4O4S. The molecule has 1 aromatic heterocycles. The van der Waals surface area contributed by atoms with Gasteiger partial charge in [0, 0.05) is 17.5 Å². The van der Waals surface area contributed by atoms with Gasteiger partial charge in [-0.1, -0.05) is 19.9 Å². The Morgan fingerprint density at radius 1 is 1.19 bits per heavy atom. The van der Waals surface area contributed by atoms with Crippen molar-refractivity contribution in [2.75, 3.05) is 26.9 Å². The van der Waals surface area contributed by atoms with E-state index in [2.05, 4.69) is 29.4 Å². The lowest BCUT2D eigenvalue weighted by molar-refractivity contribution is -0.121. The maximum atomic E-state index is 12.8. The molecule has 2 N–H and O–H groups in total. The summed E-state index contributed by atoms with van der Waals surface area (Å²) in [6.45, 7) is 5.76. The Bertz CT molecular complexity index is 1170. The molecular weight excluding hydrogens is 428 g/mol. The number of nitrogens with one attached hydrogen (secondary N) is 2. The summed E-state index contributed by atoms with van der Waals surface area (Å²) in [5.41, 5.74) is 1.59. The Labute approximate surface area is 191 Å². The zero-order valence-electron chi connectivity index (χ0n) is 18.3. The number of amides is 1. The predicted molar refractivity (Wildman–Crippen MR) is 123 cm³/mol. The monoisotopic (exact) mass is 454 g/mol. The summed E-state index contributed by atoms with van der Waals surface area (Å²) in [6, 6.07) is 13.3. The van der Waals surface area contributed by atoms with Gasteiger partial charge in [0.05, 0.1) is 7.11 Å². The molecule has 8 nitrogen and oxygen atoms in total. The van der Waals surface area contributed by atoms with E-state index in [0.29, 0.717) is 30.4 Å². The van der Waals surface area contributed by atoms with Crippen molar-refractivity contribution in [3.63, 3.8) is 0 Å². The number of hydrogen-bond donors (Lipinski definition) is 2. The van der Waals surface area contributed by atoms with Gasteiger partial charge in [-0.3, -0.25) is 14.5 Å². The number of methoxy groups -OCH3 is 1. The second-order valence-corrected chi connectivity index (χ2v) is 8.57. The summed E-state index contributed by atoms with van der Waals surface area (Å²) in [7, 11) is 1.61. The molecule has 0 unspecified atom stereocenters. The molecule has 0 fully saturated rings. The molecule has 1 amide bonds. The van der Waals surface area contributed by atoms with Gasteiger partial charge in [-0.2, -0.15) is 5.10 Å². The maximum Gasteiger partial charge on any atom is 0.240 e. The number of ether oxygens (including phenoxy) is 3. The molecule has 0 bridgehead atoms. The highest BCUT2D eigenvalue weighted by molar-refractivity contribution is 7.71. The number of nitrogens with zero attached hydrogens (tertiary/aromatic N) is 2. The summed E-state index contributed by atoms with van der Waals surface area (Å²) >= 11 is 5.35. The molecule has 4 rings (SSSR count). The molecule has 3 aromatic rings. The van der Waals surface area contributed by atoms with E-state index in [0.717, 1.165) is 28.4 Å². The van der Waals surface area contributed by atoms with Crippen LogP contribution in [0.3, 0.4) is 0 Å². The van der Waals surface area contributed by atoms with Crippen LogP contribution >= 0.6 is 12.2 Å². The second kappa shape index (κ2) is 9.04. The van der Waals surface area contributed by atoms with Crippen LogP contribution in [0.5, 0.6) is 17.2 Å². The molecule has 2 heterocycles. The van der Waals surface area contributed by atoms with Gasteiger partial charge in [0.25, 0.3) is 0 Å². The fraction of sp³-hybridized carbons (Fsp3) is 0.348. The number of aromatic nitrogens is 3. The SMILES string of the molecule is COc1ccc(-c2n[nH]c(=S)n2CC(=O)NCC(C)(C)c2ccc3c(c2)OCCO3)cc1. The number of rotatable bonds is 7. The van der Waals surface area contributed by atoms with Crippen LogP contribution in [-0.2, 0) is 16.8 Å². The van der Waals surface area contributed by atoms with Crippen LogP contribution in [0.1, 0.15) is 19.4 Å². The van der Waals surface area contributed by atoms with Crippen molar-refractivity contribution in [3.05, 3.63) is 52.8 Å². The molecule has 0 radical (unpaired) electrons. The molecule has 168 valence electrons. The number of fused-ring (bicyclic) bond motifs is 1. The molecule has 2 aromatic carbocycles. The first-order valence-electron chi connectivity index (χ1n) is 10.3. The molecule has 32 heavy (non-hydrogen) atoms. The zero-order chi connectivity index (χ0) is 22.7. The average Bonchev–Trinajstić information content (AvgIpc) is 3.17. The Morgan fingerprint density at radius 2 is 1.91 bits per heavy atom. The van der Waals surface area contributed by atoms with Gasteiger partial charge in [0.1, 0.15) is 25.5 Å². The molecule has 0 saturated heterocycles. The smallest absolute Gasteiger partial charge is 0.240 e. The maximum absolute atomic E-state index is 12.8. The lowest BCUT2D eigenvalue weighted by Crippen LogP contribution is -2.38. The van der Waals surface area contributed by atoms with Gasteiger partial charge >= 0.3 is 0 Å². The summed E-state index contributed by atoms with van der Waals surface area (Å²) in [6.07, 6.45) is 0. The Kier molecular flexibility index (Phi) is 6.18. The highest BCUT2D eigenvalue weighted by Crippen LogP contribution is 2.35. The number of carbonyl (C=O) groups excluding carboxylic acids is 1. The number of hydrogen-bond acceptors (Lipinski definition) is 6. The van der Waals surface area contributed by atoms with Gasteiger partial charge in [-0.05, 0) is 54.2 Å². The summed E-state index contributed by atoms with van der Waals surface area (Å²) < 4.78 is 18.6. The van der Waals surface area contributed by atoms with Crippen molar-refractivity contribution >= 4 is 18.1 Å². The van der Waals surface area contributed by atoms with Gasteiger partial charge in [0.15, 0.2) is 22.1 Å². The number of H-pyrrole nitrogens is 1. The van der Waals surface area contributed by atoms with Crippen molar-refractivity contribution in [2.45, 2.75) is 25.8 Å². The van der Waals surface area contributed by atoms with E-state index in [1.54, 1.807) is 11.7 Å². The van der Waals surface area contributed by atoms with Crippen LogP contribution in [0.25, 0.3) is 11.4 Å². The van der Waals surface area contributed by atoms with Crippen LogP contribution in [-0.4, -0.2) is 47.5 Å². The highest BCUT2D eigenvalue weighted by Gasteiger charge is 2.24. The first kappa shape index (κ1) is 21.9. The fourth-order valence-electron chi connectivity index (χ4n) is 3.51. The van der Waals surface area contributed by atoms with Crippen molar-refractivity contribution < 1.29 is 19.0 Å². The normalized spacial score (nSPS) is 13.0. The summed E-state index contributed by atoms with van der Waals surface area (Å²) in [5.74, 6) is 2.68. The second-order valence-electron chi connectivity index (χ2n) is 8.19. The number of aromatic amines is 1. The molecule has 1 aliphatic rings. The Balaban J connectivity index is 1.44. The molecule has 0 saturated carbocycles. The third-order valence-corrected chi connectivity index (χ3v) is 5.77. The van der Waals surface area contributed by atoms with Crippen LogP contribution in [0.15, 0.2) is 42.5 Å². The Morgan fingerprint density at radius 3 is 2.62 bits per heavy atom. The van der Waals surface area contributed by atoms with Crippen molar-refractivity contribution in [1.82, 2.24) is 20.1 Å². The van der Waals surface area contributed by atoms with Gasteiger partial charge in [0.2, 0.25) is 5.91 Å². The third-order valence-electron chi connectivity index (χ3n) is 5.46. The minimum atomic E-state index is -0.303. The van der Waals surface area contributed by atoms with Gasteiger partial charge in [-0.25, -0.2) is 0 Å². The van der Waals surface area contributed by atoms with Crippen molar-refractivity contribution in [3.8, 4) is 28.6 Å². The first-order valence-corrected chi connectivity index (χ1v) is 10.7. The van der Waals surface area contributed by atoms with E-state index in [4.69, 9.17) is 26.4 Å². The molecule has 0 aliphatic carbocycles. The van der Waals surface area contributed by atoms with Crippen LogP contribution in [0, 0.1) is 4.77 Å². The van der Waals surface area contributed by atoms with Crippen LogP contribution in [0.2, 0.25) is 0 Å².